The zero-order chi connectivity index (χ0) is 28.3. The number of aromatic nitrogens is 1. The third kappa shape index (κ3) is 10.2. The number of alkyl carbamates (subject to hydrolysis) is 1. The van der Waals surface area contributed by atoms with Gasteiger partial charge in [-0.25, -0.2) is 4.79 Å². The van der Waals surface area contributed by atoms with Gasteiger partial charge in [0, 0.05) is 25.4 Å². The van der Waals surface area contributed by atoms with E-state index in [9.17, 15) is 19.5 Å². The summed E-state index contributed by atoms with van der Waals surface area (Å²) in [6.07, 6.45) is 1.25. The Bertz CT molecular complexity index is 1200. The third-order valence-corrected chi connectivity index (χ3v) is 5.78. The highest BCUT2D eigenvalue weighted by Crippen LogP contribution is 2.11. The highest BCUT2D eigenvalue weighted by Gasteiger charge is 2.31. The summed E-state index contributed by atoms with van der Waals surface area (Å²) in [5.74, 6) is -1.18. The topological polar surface area (TPSA) is 130 Å². The Morgan fingerprint density at radius 2 is 1.36 bits per heavy atom. The van der Waals surface area contributed by atoms with Gasteiger partial charge in [-0.2, -0.15) is 0 Å². The lowest BCUT2D eigenvalue weighted by Gasteiger charge is -2.27. The van der Waals surface area contributed by atoms with Gasteiger partial charge in [-0.3, -0.25) is 14.6 Å². The molecule has 9 heteroatoms. The molecule has 3 aromatic rings. The normalized spacial score (nSPS) is 13.4. The molecule has 0 aliphatic rings. The summed E-state index contributed by atoms with van der Waals surface area (Å²) in [6.45, 7) is 5.41. The summed E-state index contributed by atoms with van der Waals surface area (Å²) >= 11 is 0. The van der Waals surface area contributed by atoms with Crippen molar-refractivity contribution < 1.29 is 24.2 Å². The van der Waals surface area contributed by atoms with Crippen molar-refractivity contribution in [1.82, 2.24) is 20.9 Å². The first-order chi connectivity index (χ1) is 18.6. The molecule has 0 aliphatic heterocycles. The summed E-state index contributed by atoms with van der Waals surface area (Å²) in [4.78, 5) is 43.0. The molecule has 0 saturated heterocycles. The average Bonchev–Trinajstić information content (AvgIpc) is 2.91. The maximum absolute atomic E-state index is 13.5. The van der Waals surface area contributed by atoms with Gasteiger partial charge >= 0.3 is 6.09 Å². The van der Waals surface area contributed by atoms with Crippen LogP contribution in [-0.2, 0) is 33.7 Å². The zero-order valence-electron chi connectivity index (χ0n) is 22.5. The number of rotatable bonds is 11. The van der Waals surface area contributed by atoms with Gasteiger partial charge in [0.25, 0.3) is 5.91 Å². The van der Waals surface area contributed by atoms with Crippen molar-refractivity contribution >= 4 is 17.9 Å². The summed E-state index contributed by atoms with van der Waals surface area (Å²) in [5.41, 5.74) is 1.70. The van der Waals surface area contributed by atoms with Crippen molar-refractivity contribution in [3.63, 3.8) is 0 Å². The minimum absolute atomic E-state index is 0.155. The van der Waals surface area contributed by atoms with E-state index in [1.165, 1.54) is 0 Å². The van der Waals surface area contributed by atoms with Crippen LogP contribution in [0.2, 0.25) is 0 Å². The minimum Gasteiger partial charge on any atom is -0.444 e. The first-order valence-electron chi connectivity index (χ1n) is 12.8. The van der Waals surface area contributed by atoms with Gasteiger partial charge in [0.1, 0.15) is 11.6 Å². The van der Waals surface area contributed by atoms with E-state index in [-0.39, 0.29) is 19.4 Å². The summed E-state index contributed by atoms with van der Waals surface area (Å²) < 4.78 is 5.36. The molecule has 0 fully saturated rings. The number of nitrogens with one attached hydrogen (secondary N) is 3. The maximum Gasteiger partial charge on any atom is 0.408 e. The molecule has 3 atom stereocenters. The van der Waals surface area contributed by atoms with E-state index >= 15 is 0 Å². The molecule has 4 N–H and O–H groups in total. The number of ether oxygens (including phenoxy) is 1. The monoisotopic (exact) mass is 532 g/mol. The molecule has 39 heavy (non-hydrogen) atoms. The van der Waals surface area contributed by atoms with Crippen LogP contribution < -0.4 is 16.0 Å². The Morgan fingerprint density at radius 3 is 1.95 bits per heavy atom. The number of hydrogen-bond donors (Lipinski definition) is 4. The van der Waals surface area contributed by atoms with Crippen LogP contribution in [0.1, 0.15) is 37.5 Å². The second-order valence-electron chi connectivity index (χ2n) is 10.2. The number of carbonyl (C=O) groups is 3. The Hall–Kier alpha value is -4.24. The summed E-state index contributed by atoms with van der Waals surface area (Å²) in [7, 11) is 0. The number of nitrogens with zero attached hydrogens (tertiary/aromatic N) is 1. The molecule has 0 saturated carbocycles. The molecular weight excluding hydrogens is 496 g/mol. The smallest absolute Gasteiger partial charge is 0.408 e. The molecule has 0 aliphatic carbocycles. The molecule has 2 aromatic carbocycles. The minimum atomic E-state index is -1.54. The van der Waals surface area contributed by atoms with Gasteiger partial charge in [-0.15, -0.1) is 0 Å². The Morgan fingerprint density at radius 1 is 0.795 bits per heavy atom. The van der Waals surface area contributed by atoms with Crippen molar-refractivity contribution in [3.8, 4) is 0 Å². The van der Waals surface area contributed by atoms with Gasteiger partial charge in [0.05, 0.1) is 6.04 Å². The van der Waals surface area contributed by atoms with Crippen LogP contribution >= 0.6 is 0 Å². The van der Waals surface area contributed by atoms with Crippen LogP contribution in [-0.4, -0.2) is 51.8 Å². The fourth-order valence-corrected chi connectivity index (χ4v) is 3.88. The van der Waals surface area contributed by atoms with Crippen molar-refractivity contribution in [2.75, 3.05) is 0 Å². The van der Waals surface area contributed by atoms with E-state index in [0.29, 0.717) is 0 Å². The number of amides is 3. The molecule has 3 rings (SSSR count). The average molecular weight is 533 g/mol. The molecule has 1 aromatic heterocycles. The molecule has 1 heterocycles. The van der Waals surface area contributed by atoms with E-state index in [1.807, 2.05) is 60.7 Å². The molecular formula is C30H36N4O5. The van der Waals surface area contributed by atoms with Gasteiger partial charge < -0.3 is 25.8 Å². The van der Waals surface area contributed by atoms with E-state index < -0.39 is 41.7 Å². The molecule has 0 radical (unpaired) electrons. The van der Waals surface area contributed by atoms with Crippen LogP contribution in [0.5, 0.6) is 0 Å². The predicted molar refractivity (Wildman–Crippen MR) is 147 cm³/mol. The SMILES string of the molecule is CC(C)(C)OC(=O)N[C@@H](Cc1ccncc1)C(=O)NC(Cc1ccccc1)C(O)C(=O)NCc1ccccc1. The number of benzene rings is 2. The second kappa shape index (κ2) is 14.1. The number of carbonyl (C=O) groups excluding carboxylic acids is 3. The zero-order valence-corrected chi connectivity index (χ0v) is 22.5. The molecule has 0 bridgehead atoms. The standard InChI is InChI=1S/C30H36N4O5/c1-30(2,3)39-29(38)34-25(19-22-14-16-31-17-15-22)27(36)33-24(18-21-10-6-4-7-11-21)26(35)28(37)32-20-23-12-8-5-9-13-23/h4-17,24-26,35H,18-20H2,1-3H3,(H,32,37)(H,33,36)(H,34,38)/t24?,25-,26?/m0/s1. The van der Waals surface area contributed by atoms with E-state index in [4.69, 9.17) is 4.74 Å². The van der Waals surface area contributed by atoms with Crippen LogP contribution in [0.15, 0.2) is 85.2 Å². The number of pyridine rings is 1. The van der Waals surface area contributed by atoms with Gasteiger partial charge in [0.15, 0.2) is 6.10 Å². The number of aliphatic hydroxyl groups is 1. The fraction of sp³-hybridized carbons (Fsp3) is 0.333. The van der Waals surface area contributed by atoms with E-state index in [2.05, 4.69) is 20.9 Å². The van der Waals surface area contributed by atoms with E-state index in [1.54, 1.807) is 45.3 Å². The largest absolute Gasteiger partial charge is 0.444 e. The lowest BCUT2D eigenvalue weighted by Crippen LogP contribution is -2.57. The third-order valence-electron chi connectivity index (χ3n) is 5.78. The predicted octanol–water partition coefficient (Wildman–Crippen LogP) is 2.92. The highest BCUT2D eigenvalue weighted by atomic mass is 16.6. The van der Waals surface area contributed by atoms with Crippen molar-refractivity contribution in [2.45, 2.75) is 63.9 Å². The van der Waals surface area contributed by atoms with Gasteiger partial charge in [-0.1, -0.05) is 60.7 Å². The molecule has 0 spiro atoms. The van der Waals surface area contributed by atoms with Crippen LogP contribution in [0.3, 0.4) is 0 Å². The van der Waals surface area contributed by atoms with Crippen LogP contribution in [0, 0.1) is 0 Å². The fourth-order valence-electron chi connectivity index (χ4n) is 3.88. The quantitative estimate of drug-likeness (QED) is 0.301. The summed E-state index contributed by atoms with van der Waals surface area (Å²) in [6, 6.07) is 20.0. The van der Waals surface area contributed by atoms with Crippen LogP contribution in [0.4, 0.5) is 4.79 Å². The Kier molecular flexibility index (Phi) is 10.6. The van der Waals surface area contributed by atoms with Crippen molar-refractivity contribution in [2.24, 2.45) is 0 Å². The molecule has 3 amide bonds. The first-order valence-corrected chi connectivity index (χ1v) is 12.8. The molecule has 206 valence electrons. The van der Waals surface area contributed by atoms with Crippen molar-refractivity contribution in [3.05, 3.63) is 102 Å². The maximum atomic E-state index is 13.5. The Balaban J connectivity index is 1.78. The van der Waals surface area contributed by atoms with Gasteiger partial charge in [-0.05, 0) is 56.0 Å². The second-order valence-corrected chi connectivity index (χ2v) is 10.2. The number of aliphatic hydroxyl groups excluding tert-OH is 1. The Labute approximate surface area is 229 Å². The lowest BCUT2D eigenvalue weighted by molar-refractivity contribution is -0.132. The molecule has 2 unspecified atom stereocenters. The van der Waals surface area contributed by atoms with Crippen LogP contribution in [0.25, 0.3) is 0 Å². The van der Waals surface area contributed by atoms with Crippen molar-refractivity contribution in [1.29, 1.82) is 0 Å². The highest BCUT2D eigenvalue weighted by molar-refractivity contribution is 5.88. The summed E-state index contributed by atoms with van der Waals surface area (Å²) in [5, 5.41) is 19.2. The number of hydrogen-bond acceptors (Lipinski definition) is 6. The lowest BCUT2D eigenvalue weighted by atomic mass is 9.99. The van der Waals surface area contributed by atoms with Gasteiger partial charge in [0.2, 0.25) is 5.91 Å². The molecule has 9 nitrogen and oxygen atoms in total. The van der Waals surface area contributed by atoms with E-state index in [0.717, 1.165) is 16.7 Å². The first kappa shape index (κ1) is 29.3.